The Balaban J connectivity index is 1.21. The molecule has 1 aromatic heterocycles. The molecule has 2 N–H and O–H groups in total. The Bertz CT molecular complexity index is 1250. The minimum atomic E-state index is -1.07. The number of hydrogen-bond acceptors (Lipinski definition) is 9. The number of aliphatic carboxylic acids is 1. The van der Waals surface area contributed by atoms with E-state index in [-0.39, 0.29) is 31.4 Å². The largest absolute Gasteiger partial charge is 0.488 e. The Morgan fingerprint density at radius 2 is 1.82 bits per heavy atom. The van der Waals surface area contributed by atoms with Crippen LogP contribution in [0.25, 0.3) is 0 Å². The number of urea groups is 1. The SMILES string of the molecule is CN(C)COCCOCCOCCOc1ccc(C(CC(=O)O)N2CCN(CCCc3ccc4c(n3)NCCC4)C2=O)cc1F. The van der Waals surface area contributed by atoms with Gasteiger partial charge in [-0.3, -0.25) is 9.69 Å². The molecule has 2 aromatic rings. The first-order valence-electron chi connectivity index (χ1n) is 15.6. The summed E-state index contributed by atoms with van der Waals surface area (Å²) in [6.07, 6.45) is 3.28. The number of benzene rings is 1. The van der Waals surface area contributed by atoms with E-state index in [2.05, 4.69) is 11.4 Å². The average molecular weight is 632 g/mol. The van der Waals surface area contributed by atoms with Gasteiger partial charge in [-0.15, -0.1) is 0 Å². The predicted molar refractivity (Wildman–Crippen MR) is 166 cm³/mol. The third kappa shape index (κ3) is 10.8. The van der Waals surface area contributed by atoms with Crippen LogP contribution in [0.15, 0.2) is 30.3 Å². The Morgan fingerprint density at radius 3 is 2.56 bits per heavy atom. The smallest absolute Gasteiger partial charge is 0.320 e. The molecule has 1 atom stereocenters. The topological polar surface area (TPSA) is 126 Å². The maximum Gasteiger partial charge on any atom is 0.320 e. The molecule has 3 heterocycles. The number of carbonyl (C=O) groups excluding carboxylic acids is 1. The lowest BCUT2D eigenvalue weighted by Crippen LogP contribution is -2.36. The molecular weight excluding hydrogens is 585 g/mol. The molecule has 45 heavy (non-hydrogen) atoms. The van der Waals surface area contributed by atoms with Crippen molar-refractivity contribution in [1.82, 2.24) is 19.7 Å². The number of fused-ring (bicyclic) bond motifs is 1. The highest BCUT2D eigenvalue weighted by Crippen LogP contribution is 2.31. The third-order valence-corrected chi connectivity index (χ3v) is 7.60. The molecule has 1 unspecified atom stereocenters. The molecule has 1 fully saturated rings. The number of carbonyl (C=O) groups is 2. The Hall–Kier alpha value is -3.52. The van der Waals surface area contributed by atoms with E-state index in [1.807, 2.05) is 25.1 Å². The van der Waals surface area contributed by atoms with Gasteiger partial charge in [-0.25, -0.2) is 14.2 Å². The zero-order valence-corrected chi connectivity index (χ0v) is 26.3. The summed E-state index contributed by atoms with van der Waals surface area (Å²) in [5, 5.41) is 12.9. The second kappa shape index (κ2) is 17.8. The molecule has 2 aliphatic rings. The van der Waals surface area contributed by atoms with Gasteiger partial charge < -0.3 is 39.2 Å². The van der Waals surface area contributed by atoms with Crippen molar-refractivity contribution in [2.45, 2.75) is 38.1 Å². The van der Waals surface area contributed by atoms with Crippen molar-refractivity contribution < 1.29 is 38.0 Å². The number of rotatable bonds is 20. The van der Waals surface area contributed by atoms with E-state index in [1.54, 1.807) is 11.0 Å². The maximum absolute atomic E-state index is 15.0. The van der Waals surface area contributed by atoms with Crippen molar-refractivity contribution in [3.63, 3.8) is 0 Å². The number of nitrogens with one attached hydrogen (secondary N) is 1. The van der Waals surface area contributed by atoms with Crippen LogP contribution in [0, 0.1) is 5.82 Å². The monoisotopic (exact) mass is 631 g/mol. The van der Waals surface area contributed by atoms with Gasteiger partial charge in [0.15, 0.2) is 11.6 Å². The van der Waals surface area contributed by atoms with Crippen LogP contribution >= 0.6 is 0 Å². The van der Waals surface area contributed by atoms with Crippen molar-refractivity contribution in [2.75, 3.05) is 92.0 Å². The molecule has 4 rings (SSSR count). The van der Waals surface area contributed by atoms with E-state index in [0.29, 0.717) is 58.4 Å². The van der Waals surface area contributed by atoms with Crippen molar-refractivity contribution in [3.8, 4) is 5.75 Å². The van der Waals surface area contributed by atoms with Crippen LogP contribution in [0.2, 0.25) is 0 Å². The van der Waals surface area contributed by atoms with Crippen molar-refractivity contribution in [3.05, 3.63) is 53.0 Å². The number of nitrogens with zero attached hydrogens (tertiary/aromatic N) is 4. The van der Waals surface area contributed by atoms with E-state index in [0.717, 1.165) is 43.7 Å². The number of hydrogen-bond donors (Lipinski definition) is 2. The summed E-state index contributed by atoms with van der Waals surface area (Å²) in [4.78, 5) is 34.9. The standard InChI is InChI=1S/C32H46FN5O7/c1-36(2)23-44-18-17-42-15-16-43-19-20-45-29-10-8-25(21-27(29)33)28(22-30(39)40)38-14-13-37(32(38)41)12-4-6-26-9-7-24-5-3-11-34-31(24)35-26/h7-10,21,28H,3-6,11-20,22-23H2,1-2H3,(H,34,35)(H,39,40). The van der Waals surface area contributed by atoms with Crippen LogP contribution in [0.4, 0.5) is 15.0 Å². The van der Waals surface area contributed by atoms with Crippen LogP contribution in [0.3, 0.4) is 0 Å². The fourth-order valence-corrected chi connectivity index (χ4v) is 5.37. The van der Waals surface area contributed by atoms with Crippen molar-refractivity contribution >= 4 is 17.8 Å². The predicted octanol–water partition coefficient (Wildman–Crippen LogP) is 3.41. The second-order valence-electron chi connectivity index (χ2n) is 11.4. The summed E-state index contributed by atoms with van der Waals surface area (Å²) >= 11 is 0. The average Bonchev–Trinajstić information content (AvgIpc) is 3.38. The number of aromatic nitrogens is 1. The maximum atomic E-state index is 15.0. The molecule has 0 radical (unpaired) electrons. The number of carboxylic acid groups (broad SMARTS) is 1. The molecule has 12 nitrogen and oxygen atoms in total. The van der Waals surface area contributed by atoms with E-state index in [4.69, 9.17) is 23.9 Å². The first-order valence-corrected chi connectivity index (χ1v) is 15.6. The number of amides is 2. The van der Waals surface area contributed by atoms with Gasteiger partial charge >= 0.3 is 12.0 Å². The lowest BCUT2D eigenvalue weighted by molar-refractivity contribution is -0.138. The normalized spacial score (nSPS) is 15.3. The number of aryl methyl sites for hydroxylation is 2. The Morgan fingerprint density at radius 1 is 1.07 bits per heavy atom. The van der Waals surface area contributed by atoms with Gasteiger partial charge in [0, 0.05) is 31.9 Å². The van der Waals surface area contributed by atoms with E-state index in [1.165, 1.54) is 22.6 Å². The van der Waals surface area contributed by atoms with E-state index < -0.39 is 17.8 Å². The quantitative estimate of drug-likeness (QED) is 0.166. The van der Waals surface area contributed by atoms with Gasteiger partial charge in [0.05, 0.1) is 52.2 Å². The first-order chi connectivity index (χ1) is 21.8. The molecule has 248 valence electrons. The molecule has 2 aliphatic heterocycles. The third-order valence-electron chi connectivity index (χ3n) is 7.60. The zero-order valence-electron chi connectivity index (χ0n) is 26.3. The lowest BCUT2D eigenvalue weighted by atomic mass is 10.0. The fourth-order valence-electron chi connectivity index (χ4n) is 5.37. The minimum Gasteiger partial charge on any atom is -0.488 e. The number of halogens is 1. The first kappa shape index (κ1) is 34.4. The summed E-state index contributed by atoms with van der Waals surface area (Å²) in [6, 6.07) is 7.46. The van der Waals surface area contributed by atoms with Crippen molar-refractivity contribution in [2.24, 2.45) is 0 Å². The van der Waals surface area contributed by atoms with Crippen LogP contribution in [-0.4, -0.2) is 123 Å². The van der Waals surface area contributed by atoms with Crippen LogP contribution in [-0.2, 0) is 31.8 Å². The second-order valence-corrected chi connectivity index (χ2v) is 11.4. The summed E-state index contributed by atoms with van der Waals surface area (Å²) in [7, 11) is 3.85. The summed E-state index contributed by atoms with van der Waals surface area (Å²) in [6.45, 7) is 4.99. The summed E-state index contributed by atoms with van der Waals surface area (Å²) in [5.41, 5.74) is 2.62. The molecule has 1 aromatic carbocycles. The molecule has 13 heteroatoms. The van der Waals surface area contributed by atoms with Crippen LogP contribution in [0.1, 0.15) is 42.1 Å². The van der Waals surface area contributed by atoms with Crippen LogP contribution < -0.4 is 10.1 Å². The number of anilines is 1. The number of carboxylic acids is 1. The molecule has 0 saturated carbocycles. The Labute approximate surface area is 264 Å². The lowest BCUT2D eigenvalue weighted by Gasteiger charge is -2.27. The summed E-state index contributed by atoms with van der Waals surface area (Å²) < 4.78 is 36.8. The fraction of sp³-hybridized carbons (Fsp3) is 0.594. The molecule has 1 saturated heterocycles. The van der Waals surface area contributed by atoms with Gasteiger partial charge in [0.1, 0.15) is 12.4 Å². The molecule has 0 aliphatic carbocycles. The Kier molecular flexibility index (Phi) is 13.6. The van der Waals surface area contributed by atoms with Gasteiger partial charge in [-0.05, 0) is 69.1 Å². The molecular formula is C32H46FN5O7. The van der Waals surface area contributed by atoms with Crippen LogP contribution in [0.5, 0.6) is 5.75 Å². The van der Waals surface area contributed by atoms with Gasteiger partial charge in [0.25, 0.3) is 0 Å². The number of pyridine rings is 1. The van der Waals surface area contributed by atoms with Gasteiger partial charge in [-0.2, -0.15) is 0 Å². The number of ether oxygens (including phenoxy) is 4. The zero-order chi connectivity index (χ0) is 32.0. The molecule has 2 amide bonds. The highest BCUT2D eigenvalue weighted by Gasteiger charge is 2.35. The van der Waals surface area contributed by atoms with Gasteiger partial charge in [-0.1, -0.05) is 12.1 Å². The highest BCUT2D eigenvalue weighted by molar-refractivity contribution is 5.78. The van der Waals surface area contributed by atoms with Gasteiger partial charge in [0.2, 0.25) is 0 Å². The van der Waals surface area contributed by atoms with Crippen molar-refractivity contribution in [1.29, 1.82) is 0 Å². The summed E-state index contributed by atoms with van der Waals surface area (Å²) in [5.74, 6) is -0.707. The molecule has 0 spiro atoms. The molecule has 0 bridgehead atoms. The minimum absolute atomic E-state index is 0.0334. The van der Waals surface area contributed by atoms with E-state index in [9.17, 15) is 19.1 Å². The van der Waals surface area contributed by atoms with E-state index >= 15 is 0 Å². The highest BCUT2D eigenvalue weighted by atomic mass is 19.1.